The van der Waals surface area contributed by atoms with Crippen LogP contribution in [0.1, 0.15) is 85.6 Å². The molecule has 11 rings (SSSR count). The number of nitrogens with zero attached hydrogens (tertiary/aromatic N) is 3. The van der Waals surface area contributed by atoms with E-state index in [1.165, 1.54) is 21.1 Å². The highest BCUT2D eigenvalue weighted by Gasteiger charge is 2.80. The van der Waals surface area contributed by atoms with Gasteiger partial charge in [-0.2, -0.15) is 0 Å². The molecule has 2 saturated heterocycles. The fourth-order valence-corrected chi connectivity index (χ4v) is 15.2. The number of hydrogen-bond acceptors (Lipinski definition) is 14. The van der Waals surface area contributed by atoms with Crippen LogP contribution in [0.3, 0.4) is 0 Å². The van der Waals surface area contributed by atoms with Gasteiger partial charge in [-0.1, -0.05) is 44.2 Å². The molecule has 71 heavy (non-hydrogen) atoms. The molecule has 4 aromatic rings. The van der Waals surface area contributed by atoms with Crippen LogP contribution in [0.25, 0.3) is 10.9 Å². The third-order valence-corrected chi connectivity index (χ3v) is 17.8. The van der Waals surface area contributed by atoms with Gasteiger partial charge in [0.15, 0.2) is 17.6 Å². The Morgan fingerprint density at radius 3 is 2.41 bits per heavy atom. The van der Waals surface area contributed by atoms with Gasteiger partial charge in [-0.3, -0.25) is 19.3 Å². The van der Waals surface area contributed by atoms with Crippen molar-refractivity contribution in [1.82, 2.24) is 20.1 Å². The Labute approximate surface area is 413 Å². The molecule has 3 N–H and O–H groups in total. The molecule has 16 heteroatoms. The third-order valence-electron chi connectivity index (χ3n) is 17.8. The van der Waals surface area contributed by atoms with E-state index in [9.17, 15) is 19.5 Å². The van der Waals surface area contributed by atoms with Crippen molar-refractivity contribution >= 4 is 40.4 Å². The van der Waals surface area contributed by atoms with Gasteiger partial charge < -0.3 is 53.6 Å². The first kappa shape index (κ1) is 47.2. The molecule has 6 aliphatic heterocycles. The number of likely N-dealkylation sites (N-methyl/N-ethyl adjacent to an activating group) is 1. The summed E-state index contributed by atoms with van der Waals surface area (Å²) in [6.45, 7) is 9.48. The number of anilines is 1. The number of ether oxygens (including phenoxy) is 6. The van der Waals surface area contributed by atoms with Gasteiger partial charge in [-0.15, -0.1) is 0 Å². The number of esters is 3. The van der Waals surface area contributed by atoms with Crippen molar-refractivity contribution in [3.63, 3.8) is 0 Å². The van der Waals surface area contributed by atoms with Crippen LogP contribution < -0.4 is 24.4 Å². The maximum Gasteiger partial charge on any atom is 0.344 e. The molecule has 1 unspecified atom stereocenters. The summed E-state index contributed by atoms with van der Waals surface area (Å²) in [4.78, 5) is 68.5. The predicted octanol–water partition coefficient (Wildman–Crippen LogP) is 5.20. The van der Waals surface area contributed by atoms with Gasteiger partial charge in [0.2, 0.25) is 5.60 Å². The number of aliphatic hydroxyl groups is 1. The predicted molar refractivity (Wildman–Crippen MR) is 263 cm³/mol. The maximum atomic E-state index is 15.8. The number of para-hydroxylation sites is 1. The molecular formula is C55H65N5O11. The minimum Gasteiger partial charge on any atom is -0.496 e. The number of benzene rings is 3. The number of fused-ring (bicyclic) bond motifs is 7. The average Bonchev–Trinajstić information content (AvgIpc) is 4.05. The SMILES string of the molecule is CC[C@]1(NC(=O)c2ccc3c(c2)OCCO3)C[C@H]2CN(CCc3c([nH]c4ccccc34)[C@@](C(=O)OC)(c3cc4c(cc3OC)N(C)[C@H]3[C@@](O)(C(=O)OC)[C@H](OC(C)=O)[C@]5(CC)C=CCN6CC[C@]43[C@@H]65)C2)C1. The highest BCUT2D eigenvalue weighted by molar-refractivity contribution is 5.96. The first-order valence-electron chi connectivity index (χ1n) is 25.2. The standard InChI is InChI=1S/C55H65N5O11/c1-8-51(57-45(62)34-15-16-41-43(25-34)70-24-23-69-41)28-33-29-54(49(63)67-6,44-36(17-21-59(30-33)31-51)35-13-10-11-14-39(35)56-44)38-26-37-40(27-42(38)66-5)58(4)47-53(37)19-22-60-20-12-18-52(9-2,46(53)60)48(71-32(3)61)55(47,65)50(64)68-7/h10-16,18,25-27,33,46-48,56,65H,8-9,17,19-24,28-31H2,1-7H3,(H,57,62)/t33-,46+,47-,48-,51+,52-,53-,54+,55+/m1/s1. The van der Waals surface area contributed by atoms with Crippen LogP contribution >= 0.6 is 0 Å². The van der Waals surface area contributed by atoms with Crippen molar-refractivity contribution in [3.8, 4) is 17.2 Å². The molecule has 7 aliphatic rings. The monoisotopic (exact) mass is 971 g/mol. The fourth-order valence-electron chi connectivity index (χ4n) is 15.2. The zero-order valence-electron chi connectivity index (χ0n) is 41.7. The highest BCUT2D eigenvalue weighted by atomic mass is 16.6. The number of aromatic amines is 1. The number of piperidine rings is 1. The van der Waals surface area contributed by atoms with E-state index in [0.29, 0.717) is 106 Å². The number of carbonyl (C=O) groups is 4. The molecular weight excluding hydrogens is 907 g/mol. The van der Waals surface area contributed by atoms with Crippen molar-refractivity contribution < 1.29 is 52.7 Å². The molecule has 0 radical (unpaired) electrons. The van der Waals surface area contributed by atoms with E-state index in [-0.39, 0.29) is 24.3 Å². The van der Waals surface area contributed by atoms with Crippen LogP contribution in [0.15, 0.2) is 66.7 Å². The molecule has 1 aliphatic carbocycles. The summed E-state index contributed by atoms with van der Waals surface area (Å²) in [7, 11) is 6.15. The Morgan fingerprint density at radius 1 is 0.901 bits per heavy atom. The van der Waals surface area contributed by atoms with Crippen LogP contribution in [0, 0.1) is 11.3 Å². The van der Waals surface area contributed by atoms with Crippen molar-refractivity contribution in [1.29, 1.82) is 0 Å². The second kappa shape index (κ2) is 17.0. The van der Waals surface area contributed by atoms with E-state index < -0.39 is 57.4 Å². The summed E-state index contributed by atoms with van der Waals surface area (Å²) in [6.07, 6.45) is 5.87. The molecule has 1 saturated carbocycles. The largest absolute Gasteiger partial charge is 0.496 e. The smallest absolute Gasteiger partial charge is 0.344 e. The van der Waals surface area contributed by atoms with Crippen molar-refractivity contribution in [3.05, 3.63) is 94.7 Å². The van der Waals surface area contributed by atoms with Gasteiger partial charge in [0, 0.05) is 96.5 Å². The van der Waals surface area contributed by atoms with Gasteiger partial charge in [0.05, 0.1) is 32.9 Å². The number of hydrogen-bond donors (Lipinski definition) is 3. The fraction of sp³-hybridized carbons (Fsp3) is 0.527. The summed E-state index contributed by atoms with van der Waals surface area (Å²) in [5.41, 5.74) is -1.25. The van der Waals surface area contributed by atoms with Gasteiger partial charge in [-0.05, 0) is 92.4 Å². The molecule has 3 aromatic carbocycles. The van der Waals surface area contributed by atoms with Gasteiger partial charge >= 0.3 is 17.9 Å². The highest BCUT2D eigenvalue weighted by Crippen LogP contribution is 2.68. The molecule has 2 bridgehead atoms. The minimum absolute atomic E-state index is 0.158. The zero-order chi connectivity index (χ0) is 49.8. The first-order chi connectivity index (χ1) is 34.2. The molecule has 1 amide bonds. The lowest BCUT2D eigenvalue weighted by Gasteiger charge is -2.63. The lowest BCUT2D eigenvalue weighted by atomic mass is 9.47. The summed E-state index contributed by atoms with van der Waals surface area (Å²) >= 11 is 0. The first-order valence-corrected chi connectivity index (χ1v) is 25.2. The molecule has 10 atom stereocenters. The quantitative estimate of drug-likeness (QED) is 0.113. The van der Waals surface area contributed by atoms with E-state index in [1.54, 1.807) is 25.3 Å². The molecule has 7 heterocycles. The molecule has 16 nitrogen and oxygen atoms in total. The Bertz CT molecular complexity index is 2880. The van der Waals surface area contributed by atoms with E-state index in [2.05, 4.69) is 45.2 Å². The minimum atomic E-state index is -2.34. The Morgan fingerprint density at radius 2 is 1.68 bits per heavy atom. The normalized spacial score (nSPS) is 33.3. The number of H-pyrrole nitrogens is 1. The van der Waals surface area contributed by atoms with Crippen LogP contribution in [-0.2, 0) is 45.8 Å². The number of methoxy groups -OCH3 is 3. The summed E-state index contributed by atoms with van der Waals surface area (Å²) in [5.74, 6) is -0.768. The van der Waals surface area contributed by atoms with Crippen LogP contribution in [-0.4, -0.2) is 147 Å². The third kappa shape index (κ3) is 6.58. The van der Waals surface area contributed by atoms with E-state index in [4.69, 9.17) is 28.4 Å². The lowest BCUT2D eigenvalue weighted by molar-refractivity contribution is -0.228. The lowest BCUT2D eigenvalue weighted by Crippen LogP contribution is -2.81. The van der Waals surface area contributed by atoms with Gasteiger partial charge in [-0.25, -0.2) is 4.79 Å². The van der Waals surface area contributed by atoms with Gasteiger partial charge in [0.1, 0.15) is 24.4 Å². The van der Waals surface area contributed by atoms with E-state index >= 15 is 4.79 Å². The van der Waals surface area contributed by atoms with Crippen LogP contribution in [0.5, 0.6) is 17.2 Å². The second-order valence-corrected chi connectivity index (χ2v) is 21.1. The second-order valence-electron chi connectivity index (χ2n) is 21.1. The Kier molecular flexibility index (Phi) is 11.3. The summed E-state index contributed by atoms with van der Waals surface area (Å²) in [6, 6.07) is 16.2. The summed E-state index contributed by atoms with van der Waals surface area (Å²) < 4.78 is 35.9. The topological polar surface area (TPSA) is 181 Å². The Hall–Kier alpha value is -6.10. The van der Waals surface area contributed by atoms with E-state index in [0.717, 1.165) is 33.4 Å². The molecule has 1 spiro atoms. The number of nitrogens with one attached hydrogen (secondary N) is 2. The van der Waals surface area contributed by atoms with Crippen molar-refractivity contribution in [2.75, 3.05) is 79.2 Å². The number of rotatable bonds is 9. The van der Waals surface area contributed by atoms with Crippen molar-refractivity contribution in [2.24, 2.45) is 11.3 Å². The molecule has 1 aromatic heterocycles. The zero-order valence-corrected chi connectivity index (χ0v) is 41.7. The average molecular weight is 972 g/mol. The molecule has 3 fully saturated rings. The van der Waals surface area contributed by atoms with Crippen LogP contribution in [0.4, 0.5) is 5.69 Å². The summed E-state index contributed by atoms with van der Waals surface area (Å²) in [5, 5.41) is 18.0. The maximum absolute atomic E-state index is 15.8. The van der Waals surface area contributed by atoms with Gasteiger partial charge in [0.25, 0.3) is 5.91 Å². The van der Waals surface area contributed by atoms with E-state index in [1.807, 2.05) is 49.2 Å². The Balaban J connectivity index is 1.12. The van der Waals surface area contributed by atoms with Crippen LogP contribution in [0.2, 0.25) is 0 Å². The number of carbonyl (C=O) groups excluding carboxylic acids is 4. The number of aromatic nitrogens is 1. The molecule has 376 valence electrons. The van der Waals surface area contributed by atoms with Crippen molar-refractivity contribution in [2.45, 2.75) is 99.5 Å². The number of amides is 1.